The van der Waals surface area contributed by atoms with Gasteiger partial charge in [0.2, 0.25) is 0 Å². The molecule has 0 aliphatic heterocycles. The van der Waals surface area contributed by atoms with Crippen molar-refractivity contribution in [1.29, 1.82) is 0 Å². The summed E-state index contributed by atoms with van der Waals surface area (Å²) >= 11 is 0. The zero-order valence-corrected chi connectivity index (χ0v) is 20.9. The molecule has 1 nitrogen and oxygen atoms in total. The molecule has 0 aromatic heterocycles. The van der Waals surface area contributed by atoms with E-state index in [1.807, 2.05) is 0 Å². The molecule has 5 aromatic rings. The fourth-order valence-electron chi connectivity index (χ4n) is 5.64. The van der Waals surface area contributed by atoms with E-state index in [2.05, 4.69) is 136 Å². The van der Waals surface area contributed by atoms with Crippen molar-refractivity contribution in [3.8, 4) is 22.3 Å². The summed E-state index contributed by atoms with van der Waals surface area (Å²) in [5, 5.41) is 6.16. The van der Waals surface area contributed by atoms with Crippen LogP contribution < -0.4 is 5.32 Å². The largest absolute Gasteiger partial charge is 0.355 e. The minimum absolute atomic E-state index is 0.00137. The molecule has 0 saturated heterocycles. The van der Waals surface area contributed by atoms with E-state index < -0.39 is 0 Å². The first kappa shape index (κ1) is 21.7. The van der Waals surface area contributed by atoms with Crippen LogP contribution in [0.4, 0.5) is 11.4 Å². The molecular weight excluding hydrogens is 422 g/mol. The Morgan fingerprint density at radius 2 is 1.26 bits per heavy atom. The van der Waals surface area contributed by atoms with Crippen LogP contribution in [-0.2, 0) is 5.41 Å². The zero-order valence-electron chi connectivity index (χ0n) is 20.9. The van der Waals surface area contributed by atoms with Crippen molar-refractivity contribution in [1.82, 2.24) is 0 Å². The Labute approximate surface area is 208 Å². The molecule has 0 amide bonds. The van der Waals surface area contributed by atoms with Crippen molar-refractivity contribution in [2.45, 2.75) is 39.0 Å². The average Bonchev–Trinajstić information content (AvgIpc) is 3.11. The number of rotatable bonds is 4. The number of hydrogen-bond donors (Lipinski definition) is 1. The molecule has 0 fully saturated rings. The summed E-state index contributed by atoms with van der Waals surface area (Å²) in [6.07, 6.45) is 0. The lowest BCUT2D eigenvalue weighted by Gasteiger charge is -2.22. The van der Waals surface area contributed by atoms with E-state index in [0.717, 1.165) is 11.4 Å². The Kier molecular flexibility index (Phi) is 5.04. The van der Waals surface area contributed by atoms with E-state index in [1.165, 1.54) is 49.7 Å². The molecule has 0 unspecified atom stereocenters. The van der Waals surface area contributed by atoms with E-state index in [1.54, 1.807) is 0 Å². The molecular formula is C34H31N. The predicted molar refractivity (Wildman–Crippen MR) is 151 cm³/mol. The lowest BCUT2D eigenvalue weighted by Crippen LogP contribution is -2.14. The molecule has 1 aliphatic rings. The van der Waals surface area contributed by atoms with Gasteiger partial charge in [-0.3, -0.25) is 0 Å². The summed E-state index contributed by atoms with van der Waals surface area (Å²) in [7, 11) is 0. The highest BCUT2D eigenvalue weighted by molar-refractivity contribution is 6.04. The molecule has 0 bridgehead atoms. The molecule has 172 valence electrons. The van der Waals surface area contributed by atoms with Crippen LogP contribution in [0.5, 0.6) is 0 Å². The maximum Gasteiger partial charge on any atom is 0.0464 e. The van der Waals surface area contributed by atoms with Gasteiger partial charge in [0.25, 0.3) is 0 Å². The van der Waals surface area contributed by atoms with Crippen molar-refractivity contribution in [2.24, 2.45) is 0 Å². The summed E-state index contributed by atoms with van der Waals surface area (Å²) in [6.45, 7) is 9.15. The number of anilines is 2. The van der Waals surface area contributed by atoms with Gasteiger partial charge in [-0.25, -0.2) is 0 Å². The predicted octanol–water partition coefficient (Wildman–Crippen LogP) is 9.68. The molecule has 5 aromatic carbocycles. The van der Waals surface area contributed by atoms with Crippen LogP contribution in [0.2, 0.25) is 0 Å². The van der Waals surface area contributed by atoms with E-state index in [9.17, 15) is 0 Å². The fourth-order valence-corrected chi connectivity index (χ4v) is 5.64. The van der Waals surface area contributed by atoms with Gasteiger partial charge in [-0.05, 0) is 74.5 Å². The van der Waals surface area contributed by atoms with E-state index in [4.69, 9.17) is 0 Å². The molecule has 35 heavy (non-hydrogen) atoms. The summed E-state index contributed by atoms with van der Waals surface area (Å²) in [5.41, 5.74) is 11.7. The second-order valence-corrected chi connectivity index (χ2v) is 10.5. The Bertz CT molecular complexity index is 1550. The summed E-state index contributed by atoms with van der Waals surface area (Å²) < 4.78 is 0. The van der Waals surface area contributed by atoms with Crippen LogP contribution in [0.3, 0.4) is 0 Å². The summed E-state index contributed by atoms with van der Waals surface area (Å²) in [4.78, 5) is 0. The van der Waals surface area contributed by atoms with Crippen LogP contribution in [0.15, 0.2) is 103 Å². The van der Waals surface area contributed by atoms with Gasteiger partial charge in [-0.15, -0.1) is 0 Å². The maximum absolute atomic E-state index is 3.66. The van der Waals surface area contributed by atoms with Crippen LogP contribution in [-0.4, -0.2) is 0 Å². The maximum atomic E-state index is 3.66. The summed E-state index contributed by atoms with van der Waals surface area (Å²) in [6, 6.07) is 37.9. The van der Waals surface area contributed by atoms with Crippen molar-refractivity contribution < 1.29 is 0 Å². The van der Waals surface area contributed by atoms with Gasteiger partial charge in [-0.1, -0.05) is 107 Å². The van der Waals surface area contributed by atoms with Gasteiger partial charge >= 0.3 is 0 Å². The SMILES string of the molecule is CC(C)c1ccc(Nc2ccc(-c3ccc4c(c3)C(C)(C)c3ccccc3-4)c3ccccc23)cc1. The van der Waals surface area contributed by atoms with Crippen LogP contribution in [0.1, 0.15) is 50.3 Å². The first-order valence-corrected chi connectivity index (χ1v) is 12.6. The third-order valence-electron chi connectivity index (χ3n) is 7.67. The lowest BCUT2D eigenvalue weighted by atomic mass is 9.81. The molecule has 1 aliphatic carbocycles. The average molecular weight is 454 g/mol. The molecule has 0 saturated carbocycles. The van der Waals surface area contributed by atoms with Crippen molar-refractivity contribution >= 4 is 22.1 Å². The minimum atomic E-state index is 0.00137. The first-order valence-electron chi connectivity index (χ1n) is 12.6. The fraction of sp³-hybridized carbons (Fsp3) is 0.176. The third-order valence-corrected chi connectivity index (χ3v) is 7.67. The Balaban J connectivity index is 1.42. The Hall–Kier alpha value is -3.84. The second kappa shape index (κ2) is 8.13. The van der Waals surface area contributed by atoms with E-state index >= 15 is 0 Å². The highest BCUT2D eigenvalue weighted by Crippen LogP contribution is 2.50. The molecule has 0 spiro atoms. The third kappa shape index (κ3) is 3.54. The molecule has 1 heteroatoms. The number of nitrogens with one attached hydrogen (secondary N) is 1. The molecule has 6 rings (SSSR count). The normalized spacial score (nSPS) is 13.6. The van der Waals surface area contributed by atoms with Gasteiger partial charge in [0, 0.05) is 22.2 Å². The molecule has 0 atom stereocenters. The van der Waals surface area contributed by atoms with Crippen molar-refractivity contribution in [3.05, 3.63) is 120 Å². The van der Waals surface area contributed by atoms with Gasteiger partial charge in [0.1, 0.15) is 0 Å². The number of benzene rings is 5. The molecule has 0 heterocycles. The Morgan fingerprint density at radius 3 is 2.03 bits per heavy atom. The van der Waals surface area contributed by atoms with E-state index in [-0.39, 0.29) is 5.41 Å². The second-order valence-electron chi connectivity index (χ2n) is 10.5. The van der Waals surface area contributed by atoms with Gasteiger partial charge < -0.3 is 5.32 Å². The van der Waals surface area contributed by atoms with Crippen LogP contribution in [0, 0.1) is 0 Å². The number of hydrogen-bond acceptors (Lipinski definition) is 1. The monoisotopic (exact) mass is 453 g/mol. The quantitative estimate of drug-likeness (QED) is 0.285. The molecule has 1 N–H and O–H groups in total. The van der Waals surface area contributed by atoms with Gasteiger partial charge in [-0.2, -0.15) is 0 Å². The first-order chi connectivity index (χ1) is 16.9. The van der Waals surface area contributed by atoms with Crippen LogP contribution >= 0.6 is 0 Å². The highest BCUT2D eigenvalue weighted by atomic mass is 14.9. The van der Waals surface area contributed by atoms with Gasteiger partial charge in [0.15, 0.2) is 0 Å². The van der Waals surface area contributed by atoms with E-state index in [0.29, 0.717) is 5.92 Å². The zero-order chi connectivity index (χ0) is 24.2. The van der Waals surface area contributed by atoms with Crippen molar-refractivity contribution in [3.63, 3.8) is 0 Å². The minimum Gasteiger partial charge on any atom is -0.355 e. The number of fused-ring (bicyclic) bond motifs is 4. The Morgan fingerprint density at radius 1 is 0.600 bits per heavy atom. The topological polar surface area (TPSA) is 12.0 Å². The highest BCUT2D eigenvalue weighted by Gasteiger charge is 2.35. The lowest BCUT2D eigenvalue weighted by molar-refractivity contribution is 0.660. The summed E-state index contributed by atoms with van der Waals surface area (Å²) in [5.74, 6) is 0.536. The van der Waals surface area contributed by atoms with Crippen LogP contribution in [0.25, 0.3) is 33.0 Å². The standard InChI is InChI=1S/C34H31N/c1-22(2)23-13-16-25(17-14-23)35-33-20-19-26(27-9-5-6-11-30(27)33)24-15-18-29-28-10-7-8-12-31(28)34(3,4)32(29)21-24/h5-22,35H,1-4H3. The smallest absolute Gasteiger partial charge is 0.0464 e. The molecule has 0 radical (unpaired) electrons. The van der Waals surface area contributed by atoms with Gasteiger partial charge in [0.05, 0.1) is 0 Å². The van der Waals surface area contributed by atoms with Crippen molar-refractivity contribution in [2.75, 3.05) is 5.32 Å².